The molecule has 1 saturated heterocycles. The molecule has 1 amide bonds. The van der Waals surface area contributed by atoms with E-state index in [9.17, 15) is 4.79 Å². The number of likely N-dealkylation sites (tertiary alicyclic amines) is 1. The third kappa shape index (κ3) is 4.12. The molecule has 2 heterocycles. The Kier molecular flexibility index (Phi) is 4.95. The first-order chi connectivity index (χ1) is 11.2. The summed E-state index contributed by atoms with van der Waals surface area (Å²) in [5.41, 5.74) is 1.04. The summed E-state index contributed by atoms with van der Waals surface area (Å²) in [6.07, 6.45) is 8.27. The van der Waals surface area contributed by atoms with Gasteiger partial charge < -0.3 is 14.2 Å². The zero-order valence-corrected chi connectivity index (χ0v) is 13.5. The average molecular weight is 313 g/mol. The van der Waals surface area contributed by atoms with Gasteiger partial charge in [-0.25, -0.2) is 4.98 Å². The van der Waals surface area contributed by atoms with Gasteiger partial charge in [0, 0.05) is 32.0 Å². The maximum absolute atomic E-state index is 12.4. The van der Waals surface area contributed by atoms with Gasteiger partial charge in [-0.3, -0.25) is 4.79 Å². The molecule has 5 heteroatoms. The Morgan fingerprint density at radius 3 is 2.61 bits per heavy atom. The first-order valence-corrected chi connectivity index (χ1v) is 8.11. The van der Waals surface area contributed by atoms with Crippen molar-refractivity contribution in [1.82, 2.24) is 14.5 Å². The minimum absolute atomic E-state index is 0.219. The number of aromatic nitrogens is 2. The number of hydrogen-bond acceptors (Lipinski definition) is 3. The molecule has 1 aromatic carbocycles. The highest BCUT2D eigenvalue weighted by molar-refractivity contribution is 5.78. The van der Waals surface area contributed by atoms with Crippen molar-refractivity contribution in [2.24, 2.45) is 5.92 Å². The predicted octanol–water partition coefficient (Wildman–Crippen LogP) is 2.37. The van der Waals surface area contributed by atoms with Gasteiger partial charge in [0.25, 0.3) is 0 Å². The van der Waals surface area contributed by atoms with E-state index in [1.807, 2.05) is 47.9 Å². The summed E-state index contributed by atoms with van der Waals surface area (Å²) in [5.74, 6) is 1.67. The number of ether oxygens (including phenoxy) is 1. The van der Waals surface area contributed by atoms with Gasteiger partial charge in [-0.2, -0.15) is 0 Å². The standard InChI is InChI=1S/C18H23N3O2/c1-23-17-4-2-15(3-5-17)12-18(22)21-9-6-16(7-10-21)13-20-11-8-19-14-20/h2-5,8,11,14,16H,6-7,9-10,12-13H2,1H3. The van der Waals surface area contributed by atoms with Crippen molar-refractivity contribution in [2.75, 3.05) is 20.2 Å². The first-order valence-electron chi connectivity index (χ1n) is 8.11. The van der Waals surface area contributed by atoms with E-state index in [4.69, 9.17) is 4.74 Å². The Morgan fingerprint density at radius 2 is 2.00 bits per heavy atom. The fraction of sp³-hybridized carbons (Fsp3) is 0.444. The summed E-state index contributed by atoms with van der Waals surface area (Å²) < 4.78 is 7.27. The molecule has 1 fully saturated rings. The Balaban J connectivity index is 1.47. The van der Waals surface area contributed by atoms with Gasteiger partial charge in [-0.1, -0.05) is 12.1 Å². The molecule has 0 aliphatic carbocycles. The molecule has 5 nitrogen and oxygen atoms in total. The van der Waals surface area contributed by atoms with E-state index < -0.39 is 0 Å². The lowest BCUT2D eigenvalue weighted by Gasteiger charge is -2.32. The minimum atomic E-state index is 0.219. The molecule has 0 atom stereocenters. The van der Waals surface area contributed by atoms with Crippen LogP contribution in [0.2, 0.25) is 0 Å². The molecule has 0 saturated carbocycles. The number of methoxy groups -OCH3 is 1. The number of carbonyl (C=O) groups is 1. The molecule has 0 unspecified atom stereocenters. The normalized spacial score (nSPS) is 15.6. The van der Waals surface area contributed by atoms with Crippen LogP contribution in [0.5, 0.6) is 5.75 Å². The molecule has 3 rings (SSSR count). The van der Waals surface area contributed by atoms with E-state index in [-0.39, 0.29) is 5.91 Å². The van der Waals surface area contributed by atoms with Crippen molar-refractivity contribution in [3.05, 3.63) is 48.5 Å². The average Bonchev–Trinajstić information content (AvgIpc) is 3.09. The molecule has 23 heavy (non-hydrogen) atoms. The Labute approximate surface area is 136 Å². The van der Waals surface area contributed by atoms with Crippen LogP contribution in [0.3, 0.4) is 0 Å². The Bertz CT molecular complexity index is 614. The topological polar surface area (TPSA) is 47.4 Å². The van der Waals surface area contributed by atoms with Crippen molar-refractivity contribution < 1.29 is 9.53 Å². The van der Waals surface area contributed by atoms with Gasteiger partial charge in [-0.05, 0) is 36.5 Å². The molecule has 0 N–H and O–H groups in total. The number of rotatable bonds is 5. The number of piperidine rings is 1. The maximum Gasteiger partial charge on any atom is 0.226 e. The third-order valence-corrected chi connectivity index (χ3v) is 4.51. The van der Waals surface area contributed by atoms with Crippen molar-refractivity contribution in [3.63, 3.8) is 0 Å². The monoisotopic (exact) mass is 313 g/mol. The van der Waals surface area contributed by atoms with Gasteiger partial charge >= 0.3 is 0 Å². The lowest BCUT2D eigenvalue weighted by Crippen LogP contribution is -2.40. The van der Waals surface area contributed by atoms with E-state index in [2.05, 4.69) is 9.55 Å². The number of carbonyl (C=O) groups excluding carboxylic acids is 1. The molecule has 1 aromatic heterocycles. The van der Waals surface area contributed by atoms with Crippen molar-refractivity contribution in [3.8, 4) is 5.75 Å². The van der Waals surface area contributed by atoms with Crippen LogP contribution in [0.4, 0.5) is 0 Å². The third-order valence-electron chi connectivity index (χ3n) is 4.51. The summed E-state index contributed by atoms with van der Waals surface area (Å²) in [6.45, 7) is 2.71. The molecular formula is C18H23N3O2. The zero-order valence-electron chi connectivity index (χ0n) is 13.5. The summed E-state index contributed by atoms with van der Waals surface area (Å²) >= 11 is 0. The van der Waals surface area contributed by atoms with Crippen LogP contribution in [0.25, 0.3) is 0 Å². The minimum Gasteiger partial charge on any atom is -0.497 e. The highest BCUT2D eigenvalue weighted by Crippen LogP contribution is 2.20. The van der Waals surface area contributed by atoms with Gasteiger partial charge in [0.1, 0.15) is 5.75 Å². The van der Waals surface area contributed by atoms with Crippen LogP contribution >= 0.6 is 0 Å². The van der Waals surface area contributed by atoms with Crippen LogP contribution in [0, 0.1) is 5.92 Å². The van der Waals surface area contributed by atoms with E-state index >= 15 is 0 Å². The van der Waals surface area contributed by atoms with Crippen molar-refractivity contribution >= 4 is 5.91 Å². The van der Waals surface area contributed by atoms with Gasteiger partial charge in [0.2, 0.25) is 5.91 Å². The largest absolute Gasteiger partial charge is 0.497 e. The summed E-state index contributed by atoms with van der Waals surface area (Å²) in [5, 5.41) is 0. The van der Waals surface area contributed by atoms with Crippen LogP contribution in [-0.4, -0.2) is 40.6 Å². The second-order valence-corrected chi connectivity index (χ2v) is 6.11. The van der Waals surface area contributed by atoms with Gasteiger partial charge in [0.05, 0.1) is 19.9 Å². The van der Waals surface area contributed by atoms with Crippen LogP contribution in [0.1, 0.15) is 18.4 Å². The molecule has 1 aliphatic heterocycles. The lowest BCUT2D eigenvalue weighted by molar-refractivity contribution is -0.131. The zero-order chi connectivity index (χ0) is 16.1. The highest BCUT2D eigenvalue weighted by Gasteiger charge is 2.22. The van der Waals surface area contributed by atoms with Crippen molar-refractivity contribution in [2.45, 2.75) is 25.8 Å². The summed E-state index contributed by atoms with van der Waals surface area (Å²) in [7, 11) is 1.65. The number of amides is 1. The Morgan fingerprint density at radius 1 is 1.26 bits per heavy atom. The molecule has 1 aliphatic rings. The molecule has 122 valence electrons. The molecule has 0 spiro atoms. The summed E-state index contributed by atoms with van der Waals surface area (Å²) in [4.78, 5) is 18.5. The number of imidazole rings is 1. The second kappa shape index (κ2) is 7.31. The lowest BCUT2D eigenvalue weighted by atomic mass is 9.96. The molecule has 0 radical (unpaired) electrons. The SMILES string of the molecule is COc1ccc(CC(=O)N2CCC(Cn3ccnc3)CC2)cc1. The number of nitrogens with zero attached hydrogens (tertiary/aromatic N) is 3. The van der Waals surface area contributed by atoms with Gasteiger partial charge in [-0.15, -0.1) is 0 Å². The number of hydrogen-bond donors (Lipinski definition) is 0. The number of benzene rings is 1. The van der Waals surface area contributed by atoms with E-state index in [1.165, 1.54) is 0 Å². The maximum atomic E-state index is 12.4. The molecular weight excluding hydrogens is 290 g/mol. The highest BCUT2D eigenvalue weighted by atomic mass is 16.5. The van der Waals surface area contributed by atoms with Crippen LogP contribution in [-0.2, 0) is 17.8 Å². The van der Waals surface area contributed by atoms with Crippen LogP contribution < -0.4 is 4.74 Å². The Hall–Kier alpha value is -2.30. The molecule has 2 aromatic rings. The second-order valence-electron chi connectivity index (χ2n) is 6.11. The fourth-order valence-electron chi connectivity index (χ4n) is 3.09. The quantitative estimate of drug-likeness (QED) is 0.851. The van der Waals surface area contributed by atoms with Crippen molar-refractivity contribution in [1.29, 1.82) is 0 Å². The van der Waals surface area contributed by atoms with E-state index in [1.54, 1.807) is 7.11 Å². The summed E-state index contributed by atoms with van der Waals surface area (Å²) in [6, 6.07) is 7.73. The van der Waals surface area contributed by atoms with E-state index in [0.29, 0.717) is 12.3 Å². The predicted molar refractivity (Wildman–Crippen MR) is 88.2 cm³/mol. The van der Waals surface area contributed by atoms with Crippen LogP contribution in [0.15, 0.2) is 43.0 Å². The van der Waals surface area contributed by atoms with E-state index in [0.717, 1.165) is 43.8 Å². The smallest absolute Gasteiger partial charge is 0.226 e. The van der Waals surface area contributed by atoms with Gasteiger partial charge in [0.15, 0.2) is 0 Å². The molecule has 0 bridgehead atoms. The first kappa shape index (κ1) is 15.6. The fourth-order valence-corrected chi connectivity index (χ4v) is 3.09.